The van der Waals surface area contributed by atoms with Crippen LogP contribution in [-0.4, -0.2) is 12.0 Å². The minimum Gasteiger partial charge on any atom is -0.468 e. The molecule has 0 radical (unpaired) electrons. The first kappa shape index (κ1) is 10.4. The maximum absolute atomic E-state index is 5.38. The highest BCUT2D eigenvalue weighted by Gasteiger charge is 2.14. The fourth-order valence-electron chi connectivity index (χ4n) is 1.51. The Morgan fingerprint density at radius 2 is 2.47 bits per heavy atom. The summed E-state index contributed by atoms with van der Waals surface area (Å²) in [5, 5.41) is 6.45. The molecule has 0 aromatic carbocycles. The molecule has 0 spiro atoms. The van der Waals surface area contributed by atoms with Gasteiger partial charge in [-0.25, -0.2) is 4.98 Å². The number of aromatic nitrogens is 1. The number of hydrogen-bond acceptors (Lipinski definition) is 4. The summed E-state index contributed by atoms with van der Waals surface area (Å²) in [6.07, 6.45) is 2.58. The summed E-state index contributed by atoms with van der Waals surface area (Å²) in [4.78, 5) is 4.45. The van der Waals surface area contributed by atoms with Crippen molar-refractivity contribution in [2.24, 2.45) is 0 Å². The van der Waals surface area contributed by atoms with Gasteiger partial charge in [0.15, 0.2) is 0 Å². The molecule has 80 valence electrons. The monoisotopic (exact) mass is 222 g/mol. The highest BCUT2D eigenvalue weighted by molar-refractivity contribution is 7.09. The minimum absolute atomic E-state index is 0.213. The summed E-state index contributed by atoms with van der Waals surface area (Å²) in [5.41, 5.74) is 1.09. The third-order valence-corrected chi connectivity index (χ3v) is 3.27. The molecule has 2 aromatic rings. The Kier molecular flexibility index (Phi) is 3.18. The summed E-state index contributed by atoms with van der Waals surface area (Å²) in [5.74, 6) is 0.963. The second kappa shape index (κ2) is 4.59. The molecule has 3 nitrogen and oxygen atoms in total. The van der Waals surface area contributed by atoms with E-state index >= 15 is 0 Å². The first-order valence-electron chi connectivity index (χ1n) is 4.91. The highest BCUT2D eigenvalue weighted by Crippen LogP contribution is 2.20. The van der Waals surface area contributed by atoms with E-state index in [1.807, 2.05) is 26.1 Å². The molecule has 2 aromatic heterocycles. The molecular formula is C11H14N2OS. The first-order chi connectivity index (χ1) is 7.29. The Labute approximate surface area is 93.2 Å². The van der Waals surface area contributed by atoms with E-state index in [-0.39, 0.29) is 6.04 Å². The van der Waals surface area contributed by atoms with Crippen LogP contribution in [0.1, 0.15) is 22.5 Å². The Hall–Kier alpha value is -1.13. The second-order valence-corrected chi connectivity index (χ2v) is 4.39. The van der Waals surface area contributed by atoms with Crippen LogP contribution >= 0.6 is 11.3 Å². The van der Waals surface area contributed by atoms with Crippen molar-refractivity contribution < 1.29 is 4.42 Å². The quantitative estimate of drug-likeness (QED) is 0.864. The molecule has 2 heterocycles. The van der Waals surface area contributed by atoms with Gasteiger partial charge in [-0.2, -0.15) is 0 Å². The third kappa shape index (κ3) is 2.46. The van der Waals surface area contributed by atoms with Crippen molar-refractivity contribution in [3.8, 4) is 0 Å². The number of furan rings is 1. The van der Waals surface area contributed by atoms with Crippen LogP contribution in [0.25, 0.3) is 0 Å². The lowest BCUT2D eigenvalue weighted by Crippen LogP contribution is -2.18. The van der Waals surface area contributed by atoms with Gasteiger partial charge in [-0.15, -0.1) is 11.3 Å². The van der Waals surface area contributed by atoms with Gasteiger partial charge < -0.3 is 9.73 Å². The summed E-state index contributed by atoms with van der Waals surface area (Å²) < 4.78 is 5.38. The third-order valence-electron chi connectivity index (χ3n) is 2.28. The average Bonchev–Trinajstić information content (AvgIpc) is 2.85. The van der Waals surface area contributed by atoms with Crippen LogP contribution in [0.5, 0.6) is 0 Å². The predicted molar refractivity (Wildman–Crippen MR) is 61.1 cm³/mol. The van der Waals surface area contributed by atoms with Gasteiger partial charge in [0.25, 0.3) is 0 Å². The Balaban J connectivity index is 2.09. The van der Waals surface area contributed by atoms with E-state index in [2.05, 4.69) is 15.7 Å². The van der Waals surface area contributed by atoms with Crippen LogP contribution in [0.3, 0.4) is 0 Å². The van der Waals surface area contributed by atoms with Crippen molar-refractivity contribution in [3.63, 3.8) is 0 Å². The van der Waals surface area contributed by atoms with Crippen molar-refractivity contribution in [1.82, 2.24) is 10.3 Å². The maximum atomic E-state index is 5.38. The topological polar surface area (TPSA) is 38.1 Å². The van der Waals surface area contributed by atoms with Crippen LogP contribution < -0.4 is 5.32 Å². The van der Waals surface area contributed by atoms with Crippen molar-refractivity contribution in [2.75, 3.05) is 7.05 Å². The zero-order valence-electron chi connectivity index (χ0n) is 8.86. The lowest BCUT2D eigenvalue weighted by molar-refractivity contribution is 0.429. The molecule has 2 rings (SSSR count). The van der Waals surface area contributed by atoms with Gasteiger partial charge in [0.2, 0.25) is 0 Å². The van der Waals surface area contributed by atoms with Gasteiger partial charge in [0.05, 0.1) is 17.3 Å². The Morgan fingerprint density at radius 1 is 1.60 bits per heavy atom. The van der Waals surface area contributed by atoms with E-state index in [0.29, 0.717) is 0 Å². The van der Waals surface area contributed by atoms with E-state index in [0.717, 1.165) is 22.9 Å². The van der Waals surface area contributed by atoms with Crippen molar-refractivity contribution in [1.29, 1.82) is 0 Å². The lowest BCUT2D eigenvalue weighted by Gasteiger charge is -2.11. The summed E-state index contributed by atoms with van der Waals surface area (Å²) in [6.45, 7) is 2.02. The molecular weight excluding hydrogens is 208 g/mol. The molecule has 0 saturated carbocycles. The van der Waals surface area contributed by atoms with E-state index in [1.54, 1.807) is 17.6 Å². The molecule has 0 aliphatic rings. The molecule has 4 heteroatoms. The molecule has 15 heavy (non-hydrogen) atoms. The Morgan fingerprint density at radius 3 is 3.00 bits per heavy atom. The predicted octanol–water partition coefficient (Wildman–Crippen LogP) is 2.55. The fourth-order valence-corrected chi connectivity index (χ4v) is 2.32. The zero-order valence-corrected chi connectivity index (χ0v) is 9.67. The maximum Gasteiger partial charge on any atom is 0.121 e. The van der Waals surface area contributed by atoms with Gasteiger partial charge in [0.1, 0.15) is 5.76 Å². The van der Waals surface area contributed by atoms with Gasteiger partial charge in [0, 0.05) is 17.5 Å². The largest absolute Gasteiger partial charge is 0.468 e. The van der Waals surface area contributed by atoms with E-state index in [1.165, 1.54) is 0 Å². The molecule has 1 N–H and O–H groups in total. The number of aryl methyl sites for hydroxylation is 1. The van der Waals surface area contributed by atoms with Crippen molar-refractivity contribution >= 4 is 11.3 Å². The number of thiazole rings is 1. The molecule has 0 fully saturated rings. The molecule has 1 atom stereocenters. The molecule has 0 amide bonds. The molecule has 1 unspecified atom stereocenters. The van der Waals surface area contributed by atoms with Crippen LogP contribution in [0.4, 0.5) is 0 Å². The van der Waals surface area contributed by atoms with Crippen LogP contribution in [0, 0.1) is 6.92 Å². The van der Waals surface area contributed by atoms with E-state index in [4.69, 9.17) is 4.42 Å². The minimum atomic E-state index is 0.213. The number of likely N-dealkylation sites (N-methyl/N-ethyl adjacent to an activating group) is 1. The van der Waals surface area contributed by atoms with Crippen LogP contribution in [0.2, 0.25) is 0 Å². The van der Waals surface area contributed by atoms with Crippen LogP contribution in [-0.2, 0) is 6.42 Å². The van der Waals surface area contributed by atoms with Gasteiger partial charge in [-0.05, 0) is 26.1 Å². The average molecular weight is 222 g/mol. The molecule has 0 saturated heterocycles. The van der Waals surface area contributed by atoms with E-state index < -0.39 is 0 Å². The highest BCUT2D eigenvalue weighted by atomic mass is 32.1. The first-order valence-corrected chi connectivity index (χ1v) is 5.79. The number of hydrogen-bond donors (Lipinski definition) is 1. The van der Waals surface area contributed by atoms with Crippen molar-refractivity contribution in [2.45, 2.75) is 19.4 Å². The molecule has 0 bridgehead atoms. The number of nitrogens with zero attached hydrogens (tertiary/aromatic N) is 1. The smallest absolute Gasteiger partial charge is 0.121 e. The summed E-state index contributed by atoms with van der Waals surface area (Å²) >= 11 is 1.70. The van der Waals surface area contributed by atoms with Crippen molar-refractivity contribution in [3.05, 3.63) is 40.2 Å². The van der Waals surface area contributed by atoms with Gasteiger partial charge in [-0.1, -0.05) is 0 Å². The molecule has 0 aliphatic heterocycles. The molecule has 0 aliphatic carbocycles. The fraction of sp³-hybridized carbons (Fsp3) is 0.364. The second-order valence-electron chi connectivity index (χ2n) is 3.44. The number of nitrogens with one attached hydrogen (secondary N) is 1. The van der Waals surface area contributed by atoms with E-state index in [9.17, 15) is 0 Å². The summed E-state index contributed by atoms with van der Waals surface area (Å²) in [6, 6.07) is 4.11. The number of rotatable bonds is 4. The normalized spacial score (nSPS) is 12.9. The zero-order chi connectivity index (χ0) is 10.7. The standard InChI is InChI=1S/C11H14N2OS/c1-8-7-15-11(13-8)6-9(12-2)10-4-3-5-14-10/h3-5,7,9,12H,6H2,1-2H3. The van der Waals surface area contributed by atoms with Gasteiger partial charge in [-0.3, -0.25) is 0 Å². The van der Waals surface area contributed by atoms with Crippen LogP contribution in [0.15, 0.2) is 28.2 Å². The Bertz CT molecular complexity index is 408. The lowest BCUT2D eigenvalue weighted by atomic mass is 10.1. The summed E-state index contributed by atoms with van der Waals surface area (Å²) in [7, 11) is 1.94. The SMILES string of the molecule is CNC(Cc1nc(C)cs1)c1ccco1. The van der Waals surface area contributed by atoms with Gasteiger partial charge >= 0.3 is 0 Å².